The number of fused-ring (bicyclic) bond motifs is 1. The summed E-state index contributed by atoms with van der Waals surface area (Å²) in [5.41, 5.74) is 2.13. The highest BCUT2D eigenvalue weighted by Crippen LogP contribution is 2.29. The first-order valence-corrected chi connectivity index (χ1v) is 7.30. The summed E-state index contributed by atoms with van der Waals surface area (Å²) in [7, 11) is 1.73. The zero-order chi connectivity index (χ0) is 14.2. The lowest BCUT2D eigenvalue weighted by atomic mass is 9.94. The van der Waals surface area contributed by atoms with E-state index in [1.165, 1.54) is 5.56 Å². The van der Waals surface area contributed by atoms with Crippen molar-refractivity contribution in [3.05, 3.63) is 29.8 Å². The molecule has 1 saturated heterocycles. The normalized spacial score (nSPS) is 28.9. The smallest absolute Gasteiger partial charge is 0.245 e. The molecule has 0 spiro atoms. The summed E-state index contributed by atoms with van der Waals surface area (Å²) in [6.45, 7) is 3.62. The highest BCUT2D eigenvalue weighted by atomic mass is 16.5. The number of piperidine rings is 1. The van der Waals surface area contributed by atoms with Crippen LogP contribution in [0.4, 0.5) is 5.69 Å². The Bertz CT molecular complexity index is 492. The van der Waals surface area contributed by atoms with E-state index in [0.717, 1.165) is 31.5 Å². The molecule has 0 aromatic heterocycles. The lowest BCUT2D eigenvalue weighted by Gasteiger charge is -2.40. The second-order valence-corrected chi connectivity index (χ2v) is 6.08. The third-order valence-corrected chi connectivity index (χ3v) is 4.53. The lowest BCUT2D eigenvalue weighted by molar-refractivity contribution is -0.139. The number of benzene rings is 1. The van der Waals surface area contributed by atoms with Crippen molar-refractivity contribution in [3.8, 4) is 0 Å². The summed E-state index contributed by atoms with van der Waals surface area (Å²) in [6, 6.07) is 8.03. The average Bonchev–Trinajstić information content (AvgIpc) is 2.90. The summed E-state index contributed by atoms with van der Waals surface area (Å²) >= 11 is 0. The number of methoxy groups -OCH3 is 1. The molecule has 0 saturated carbocycles. The van der Waals surface area contributed by atoms with Gasteiger partial charge in [-0.25, -0.2) is 0 Å². The van der Waals surface area contributed by atoms with Crippen molar-refractivity contribution < 1.29 is 9.53 Å². The summed E-state index contributed by atoms with van der Waals surface area (Å²) < 4.78 is 5.57. The van der Waals surface area contributed by atoms with E-state index in [4.69, 9.17) is 4.74 Å². The molecule has 2 aliphatic rings. The first kappa shape index (κ1) is 13.4. The van der Waals surface area contributed by atoms with Crippen LogP contribution in [-0.4, -0.2) is 42.6 Å². The summed E-state index contributed by atoms with van der Waals surface area (Å²) in [5.74, 6) is 0.198. The number of carbonyl (C=O) groups is 1. The van der Waals surface area contributed by atoms with Crippen LogP contribution in [0, 0.1) is 0 Å². The zero-order valence-corrected chi connectivity index (χ0v) is 12.2. The predicted octanol–water partition coefficient (Wildman–Crippen LogP) is 2.05. The minimum Gasteiger partial charge on any atom is -0.377 e. The van der Waals surface area contributed by atoms with Crippen LogP contribution in [0.5, 0.6) is 0 Å². The molecule has 1 aromatic carbocycles. The van der Waals surface area contributed by atoms with Crippen molar-refractivity contribution >= 4 is 11.6 Å². The largest absolute Gasteiger partial charge is 0.377 e. The number of rotatable bonds is 2. The minimum atomic E-state index is -0.195. The number of hydrogen-bond acceptors (Lipinski definition) is 3. The van der Waals surface area contributed by atoms with Gasteiger partial charge in [-0.05, 0) is 31.4 Å². The molecule has 0 radical (unpaired) electrons. The second kappa shape index (κ2) is 5.09. The zero-order valence-electron chi connectivity index (χ0n) is 12.2. The molecule has 2 atom stereocenters. The van der Waals surface area contributed by atoms with Gasteiger partial charge in [0.1, 0.15) is 6.04 Å². The Kier molecular flexibility index (Phi) is 3.42. The molecule has 0 bridgehead atoms. The Balaban J connectivity index is 1.69. The van der Waals surface area contributed by atoms with Crippen molar-refractivity contribution in [1.29, 1.82) is 0 Å². The SMILES string of the molecule is COC1(C)CCCN(C(=O)C2Cc3ccccc3N2)C1. The first-order valence-electron chi connectivity index (χ1n) is 7.30. The van der Waals surface area contributed by atoms with Gasteiger partial charge < -0.3 is 15.0 Å². The van der Waals surface area contributed by atoms with Crippen LogP contribution < -0.4 is 5.32 Å². The molecule has 2 unspecified atom stereocenters. The number of carbonyl (C=O) groups excluding carboxylic acids is 1. The molecule has 1 fully saturated rings. The second-order valence-electron chi connectivity index (χ2n) is 6.08. The Morgan fingerprint density at radius 3 is 3.00 bits per heavy atom. The summed E-state index contributed by atoms with van der Waals surface area (Å²) in [5, 5.41) is 3.34. The van der Waals surface area contributed by atoms with E-state index in [1.807, 2.05) is 23.1 Å². The third kappa shape index (κ3) is 2.40. The first-order chi connectivity index (χ1) is 9.61. The summed E-state index contributed by atoms with van der Waals surface area (Å²) in [4.78, 5) is 14.6. The minimum absolute atomic E-state index is 0.119. The van der Waals surface area contributed by atoms with Gasteiger partial charge in [0.2, 0.25) is 5.91 Å². The fraction of sp³-hybridized carbons (Fsp3) is 0.562. The quantitative estimate of drug-likeness (QED) is 0.897. The maximum atomic E-state index is 12.7. The van der Waals surface area contributed by atoms with Crippen LogP contribution in [0.25, 0.3) is 0 Å². The van der Waals surface area contributed by atoms with Gasteiger partial charge >= 0.3 is 0 Å². The number of hydrogen-bond donors (Lipinski definition) is 1. The molecule has 4 nitrogen and oxygen atoms in total. The number of amides is 1. The molecule has 1 amide bonds. The van der Waals surface area contributed by atoms with E-state index in [0.29, 0.717) is 6.54 Å². The van der Waals surface area contributed by atoms with Gasteiger partial charge in [-0.2, -0.15) is 0 Å². The van der Waals surface area contributed by atoms with Crippen LogP contribution in [0.1, 0.15) is 25.3 Å². The Morgan fingerprint density at radius 2 is 2.25 bits per heavy atom. The average molecular weight is 274 g/mol. The van der Waals surface area contributed by atoms with Crippen LogP contribution >= 0.6 is 0 Å². The van der Waals surface area contributed by atoms with Crippen LogP contribution in [0.3, 0.4) is 0 Å². The number of anilines is 1. The van der Waals surface area contributed by atoms with Gasteiger partial charge in [-0.3, -0.25) is 4.79 Å². The van der Waals surface area contributed by atoms with Crippen LogP contribution in [0.15, 0.2) is 24.3 Å². The standard InChI is InChI=1S/C16H22N2O2/c1-16(20-2)8-5-9-18(11-16)15(19)14-10-12-6-3-4-7-13(12)17-14/h3-4,6-7,14,17H,5,8-11H2,1-2H3. The maximum absolute atomic E-state index is 12.7. The number of para-hydroxylation sites is 1. The molecule has 2 heterocycles. The van der Waals surface area contributed by atoms with Crippen molar-refractivity contribution in [1.82, 2.24) is 4.90 Å². The molecule has 3 rings (SSSR count). The van der Waals surface area contributed by atoms with E-state index >= 15 is 0 Å². The molecule has 108 valence electrons. The summed E-state index contributed by atoms with van der Waals surface area (Å²) in [6.07, 6.45) is 2.82. The van der Waals surface area contributed by atoms with E-state index in [9.17, 15) is 4.79 Å². The number of ether oxygens (including phenoxy) is 1. The Labute approximate surface area is 120 Å². The van der Waals surface area contributed by atoms with Gasteiger partial charge in [0.05, 0.1) is 5.60 Å². The van der Waals surface area contributed by atoms with E-state index in [-0.39, 0.29) is 17.6 Å². The third-order valence-electron chi connectivity index (χ3n) is 4.53. The van der Waals surface area contributed by atoms with Crippen molar-refractivity contribution in [2.75, 3.05) is 25.5 Å². The highest BCUT2D eigenvalue weighted by molar-refractivity contribution is 5.87. The van der Waals surface area contributed by atoms with Crippen LogP contribution in [-0.2, 0) is 16.0 Å². The van der Waals surface area contributed by atoms with Crippen molar-refractivity contribution in [2.45, 2.75) is 37.8 Å². The van der Waals surface area contributed by atoms with E-state index < -0.39 is 0 Å². The fourth-order valence-corrected chi connectivity index (χ4v) is 3.23. The van der Waals surface area contributed by atoms with Gasteiger partial charge in [0.15, 0.2) is 0 Å². The molecule has 0 aliphatic carbocycles. The van der Waals surface area contributed by atoms with Crippen molar-refractivity contribution in [2.24, 2.45) is 0 Å². The van der Waals surface area contributed by atoms with Gasteiger partial charge in [-0.15, -0.1) is 0 Å². The topological polar surface area (TPSA) is 41.6 Å². The molecular formula is C16H22N2O2. The number of nitrogens with one attached hydrogen (secondary N) is 1. The molecule has 4 heteroatoms. The van der Waals surface area contributed by atoms with Crippen LogP contribution in [0.2, 0.25) is 0 Å². The molecular weight excluding hydrogens is 252 g/mol. The fourth-order valence-electron chi connectivity index (χ4n) is 3.23. The van der Waals surface area contributed by atoms with Gasteiger partial charge in [0, 0.05) is 32.3 Å². The Hall–Kier alpha value is -1.55. The predicted molar refractivity (Wildman–Crippen MR) is 78.8 cm³/mol. The van der Waals surface area contributed by atoms with Gasteiger partial charge in [-0.1, -0.05) is 18.2 Å². The van der Waals surface area contributed by atoms with E-state index in [2.05, 4.69) is 18.3 Å². The molecule has 20 heavy (non-hydrogen) atoms. The van der Waals surface area contributed by atoms with Crippen molar-refractivity contribution in [3.63, 3.8) is 0 Å². The lowest BCUT2D eigenvalue weighted by Crippen LogP contribution is -2.53. The maximum Gasteiger partial charge on any atom is 0.245 e. The monoisotopic (exact) mass is 274 g/mol. The number of likely N-dealkylation sites (tertiary alicyclic amines) is 1. The number of nitrogens with zero attached hydrogens (tertiary/aromatic N) is 1. The highest BCUT2D eigenvalue weighted by Gasteiger charge is 2.37. The molecule has 1 N–H and O–H groups in total. The Morgan fingerprint density at radius 1 is 1.45 bits per heavy atom. The molecule has 1 aromatic rings. The molecule has 2 aliphatic heterocycles. The van der Waals surface area contributed by atoms with Gasteiger partial charge in [0.25, 0.3) is 0 Å². The van der Waals surface area contributed by atoms with E-state index in [1.54, 1.807) is 7.11 Å².